The zero-order valence-corrected chi connectivity index (χ0v) is 11.2. The Labute approximate surface area is 108 Å². The van der Waals surface area contributed by atoms with Crippen LogP contribution in [0.1, 0.15) is 40.3 Å². The number of aryl methyl sites for hydroxylation is 1. The maximum atomic E-state index is 11.0. The summed E-state index contributed by atoms with van der Waals surface area (Å²) >= 11 is 3.87. The predicted octanol–water partition coefficient (Wildman–Crippen LogP) is 1.92. The lowest BCUT2D eigenvalue weighted by Crippen LogP contribution is -2.24. The maximum absolute atomic E-state index is 11.0. The highest BCUT2D eigenvalue weighted by Gasteiger charge is 2.44. The molecule has 1 saturated heterocycles. The first-order chi connectivity index (χ1) is 8.14. The lowest BCUT2D eigenvalue weighted by atomic mass is 9.94. The Bertz CT molecular complexity index is 472. The summed E-state index contributed by atoms with van der Waals surface area (Å²) < 4.78 is 5.55. The molecule has 17 heavy (non-hydrogen) atoms. The third kappa shape index (κ3) is 1.63. The van der Waals surface area contributed by atoms with E-state index in [9.17, 15) is 9.90 Å². The summed E-state index contributed by atoms with van der Waals surface area (Å²) in [6, 6.07) is 0. The molecule has 0 atom stereocenters. The van der Waals surface area contributed by atoms with Gasteiger partial charge in [-0.05, 0) is 19.8 Å². The minimum atomic E-state index is -1.19. The number of thioether (sulfide) groups is 2. The molecule has 2 heterocycles. The van der Waals surface area contributed by atoms with Crippen LogP contribution in [0, 0.1) is 6.92 Å². The molecule has 0 amide bonds. The van der Waals surface area contributed by atoms with Gasteiger partial charge in [0.1, 0.15) is 11.7 Å². The molecule has 0 radical (unpaired) electrons. The normalized spacial score (nSPS) is 21.7. The quantitative estimate of drug-likeness (QED) is 0.779. The minimum Gasteiger partial charge on any atom is -0.542 e. The Balaban J connectivity index is 2.16. The van der Waals surface area contributed by atoms with Crippen LogP contribution in [-0.2, 0) is 10.5 Å². The number of rotatable bonds is 1. The summed E-state index contributed by atoms with van der Waals surface area (Å²) in [5.74, 6) is 1.98. The highest BCUT2D eigenvalue weighted by atomic mass is 32.2. The number of aromatic carboxylic acids is 1. The SMILES string of the molecule is Cc1c(C(=O)[O-])oc2c1C1(CCC2)SCCS1. The molecule has 1 aromatic rings. The highest BCUT2D eigenvalue weighted by Crippen LogP contribution is 2.59. The number of hydrogen-bond donors (Lipinski definition) is 0. The first-order valence-electron chi connectivity index (χ1n) is 5.76. The molecule has 2 aliphatic rings. The van der Waals surface area contributed by atoms with Crippen molar-refractivity contribution in [1.82, 2.24) is 0 Å². The van der Waals surface area contributed by atoms with Gasteiger partial charge in [0.05, 0.1) is 4.08 Å². The fourth-order valence-electron chi connectivity index (χ4n) is 2.79. The van der Waals surface area contributed by atoms with E-state index < -0.39 is 5.97 Å². The van der Waals surface area contributed by atoms with E-state index in [4.69, 9.17) is 4.42 Å². The van der Waals surface area contributed by atoms with Crippen LogP contribution in [0.5, 0.6) is 0 Å². The molecule has 0 saturated carbocycles. The van der Waals surface area contributed by atoms with Gasteiger partial charge in [-0.2, -0.15) is 0 Å². The monoisotopic (exact) mass is 269 g/mol. The zero-order valence-electron chi connectivity index (χ0n) is 9.58. The summed E-state index contributed by atoms with van der Waals surface area (Å²) in [5.41, 5.74) is 1.91. The van der Waals surface area contributed by atoms with Gasteiger partial charge in [-0.3, -0.25) is 0 Å². The van der Waals surface area contributed by atoms with Crippen molar-refractivity contribution in [1.29, 1.82) is 0 Å². The molecule has 0 bridgehead atoms. The maximum Gasteiger partial charge on any atom is 0.153 e. The van der Waals surface area contributed by atoms with E-state index in [1.165, 1.54) is 0 Å². The predicted molar refractivity (Wildman–Crippen MR) is 67.3 cm³/mol. The second-order valence-electron chi connectivity index (χ2n) is 4.45. The Morgan fingerprint density at radius 2 is 2.12 bits per heavy atom. The van der Waals surface area contributed by atoms with Crippen LogP contribution in [0.3, 0.4) is 0 Å². The lowest BCUT2D eigenvalue weighted by molar-refractivity contribution is -0.257. The molecular formula is C12H13O3S2-. The molecule has 3 rings (SSSR count). The third-order valence-electron chi connectivity index (χ3n) is 3.45. The molecule has 5 heteroatoms. The van der Waals surface area contributed by atoms with Gasteiger partial charge >= 0.3 is 0 Å². The number of carbonyl (C=O) groups is 1. The van der Waals surface area contributed by atoms with Gasteiger partial charge in [-0.25, -0.2) is 0 Å². The van der Waals surface area contributed by atoms with Crippen molar-refractivity contribution in [2.45, 2.75) is 30.3 Å². The van der Waals surface area contributed by atoms with Crippen LogP contribution < -0.4 is 5.11 Å². The number of carboxylic acids is 1. The van der Waals surface area contributed by atoms with E-state index in [2.05, 4.69) is 0 Å². The van der Waals surface area contributed by atoms with Crippen molar-refractivity contribution in [3.05, 3.63) is 22.6 Å². The molecule has 1 aromatic heterocycles. The van der Waals surface area contributed by atoms with Crippen LogP contribution in [0.25, 0.3) is 0 Å². The van der Waals surface area contributed by atoms with Crippen molar-refractivity contribution < 1.29 is 14.3 Å². The lowest BCUT2D eigenvalue weighted by Gasteiger charge is -2.31. The molecule has 1 fully saturated rings. The van der Waals surface area contributed by atoms with E-state index in [0.29, 0.717) is 0 Å². The first-order valence-corrected chi connectivity index (χ1v) is 7.73. The molecule has 92 valence electrons. The summed E-state index contributed by atoms with van der Waals surface area (Å²) in [4.78, 5) is 11.0. The Kier molecular flexibility index (Phi) is 2.70. The number of hydrogen-bond acceptors (Lipinski definition) is 5. The standard InChI is InChI=1S/C12H14O3S2/c1-7-9-8(15-10(7)11(13)14)3-2-4-12(9)16-5-6-17-12/h2-6H2,1H3,(H,13,14)/p-1. The van der Waals surface area contributed by atoms with Gasteiger partial charge < -0.3 is 14.3 Å². The summed E-state index contributed by atoms with van der Waals surface area (Å²) in [6.45, 7) is 1.85. The smallest absolute Gasteiger partial charge is 0.153 e. The number of carboxylic acid groups (broad SMARTS) is 1. The molecule has 1 aliphatic carbocycles. The van der Waals surface area contributed by atoms with Crippen LogP contribution >= 0.6 is 23.5 Å². The first kappa shape index (κ1) is 11.5. The number of furan rings is 1. The van der Waals surface area contributed by atoms with E-state index in [0.717, 1.165) is 47.7 Å². The molecular weight excluding hydrogens is 256 g/mol. The van der Waals surface area contributed by atoms with Crippen molar-refractivity contribution in [2.24, 2.45) is 0 Å². The fourth-order valence-corrected chi connectivity index (χ4v) is 6.35. The molecule has 0 unspecified atom stereocenters. The van der Waals surface area contributed by atoms with Crippen LogP contribution in [0.15, 0.2) is 4.42 Å². The average molecular weight is 269 g/mol. The van der Waals surface area contributed by atoms with Crippen molar-refractivity contribution >= 4 is 29.5 Å². The van der Waals surface area contributed by atoms with Gasteiger partial charge in [0.15, 0.2) is 5.76 Å². The Morgan fingerprint density at radius 3 is 2.76 bits per heavy atom. The topological polar surface area (TPSA) is 53.3 Å². The molecule has 0 aromatic carbocycles. The van der Waals surface area contributed by atoms with Crippen molar-refractivity contribution in [2.75, 3.05) is 11.5 Å². The molecule has 0 N–H and O–H groups in total. The van der Waals surface area contributed by atoms with E-state index in [-0.39, 0.29) is 9.84 Å². The van der Waals surface area contributed by atoms with Gasteiger partial charge in [-0.15, -0.1) is 23.5 Å². The van der Waals surface area contributed by atoms with Crippen LogP contribution in [-0.4, -0.2) is 17.5 Å². The van der Waals surface area contributed by atoms with Crippen LogP contribution in [0.4, 0.5) is 0 Å². The highest BCUT2D eigenvalue weighted by molar-refractivity contribution is 8.20. The van der Waals surface area contributed by atoms with Gasteiger partial charge in [0.2, 0.25) is 0 Å². The zero-order chi connectivity index (χ0) is 12.0. The summed E-state index contributed by atoms with van der Waals surface area (Å²) in [5, 5.41) is 11.0. The van der Waals surface area contributed by atoms with E-state index >= 15 is 0 Å². The fraction of sp³-hybridized carbons (Fsp3) is 0.583. The third-order valence-corrected chi connectivity index (χ3v) is 6.98. The van der Waals surface area contributed by atoms with Crippen molar-refractivity contribution in [3.63, 3.8) is 0 Å². The minimum absolute atomic E-state index is 0.0318. The second kappa shape index (κ2) is 3.99. The largest absolute Gasteiger partial charge is 0.542 e. The average Bonchev–Trinajstić information content (AvgIpc) is 2.86. The second-order valence-corrected chi connectivity index (χ2v) is 7.49. The summed E-state index contributed by atoms with van der Waals surface area (Å²) in [7, 11) is 0. The van der Waals surface area contributed by atoms with Crippen LogP contribution in [0.2, 0.25) is 0 Å². The van der Waals surface area contributed by atoms with Crippen molar-refractivity contribution in [3.8, 4) is 0 Å². The van der Waals surface area contributed by atoms with E-state index in [1.54, 1.807) is 0 Å². The summed E-state index contributed by atoms with van der Waals surface area (Å²) in [6.07, 6.45) is 3.04. The molecule has 1 spiro atoms. The van der Waals surface area contributed by atoms with Gasteiger partial charge in [0.25, 0.3) is 0 Å². The Hall–Kier alpha value is -0.550. The molecule has 3 nitrogen and oxygen atoms in total. The van der Waals surface area contributed by atoms with Gasteiger partial charge in [0, 0.05) is 29.1 Å². The number of carbonyl (C=O) groups excluding carboxylic acids is 1. The van der Waals surface area contributed by atoms with Gasteiger partial charge in [-0.1, -0.05) is 0 Å². The number of fused-ring (bicyclic) bond motifs is 2. The molecule has 1 aliphatic heterocycles. The Morgan fingerprint density at radius 1 is 1.41 bits per heavy atom. The van der Waals surface area contributed by atoms with E-state index in [1.807, 2.05) is 30.4 Å².